The molecule has 0 heterocycles. The summed E-state index contributed by atoms with van der Waals surface area (Å²) >= 11 is 0. The molecule has 1 heteroatoms. The van der Waals surface area contributed by atoms with E-state index in [1.54, 1.807) is 11.1 Å². The zero-order valence-corrected chi connectivity index (χ0v) is 10.2. The van der Waals surface area contributed by atoms with Crippen molar-refractivity contribution in [2.24, 2.45) is 5.92 Å². The molecule has 0 nitrogen and oxygen atoms in total. The van der Waals surface area contributed by atoms with Crippen LogP contribution in [0.2, 0.25) is 0 Å². The summed E-state index contributed by atoms with van der Waals surface area (Å²) in [6, 6.07) is 0. The van der Waals surface area contributed by atoms with Crippen LogP contribution in [0.4, 0.5) is 0 Å². The Hall–Kier alpha value is 0.194. The molecule has 0 radical (unpaired) electrons. The Morgan fingerprint density at radius 1 is 1.31 bits per heavy atom. The van der Waals surface area contributed by atoms with Crippen LogP contribution >= 0.6 is 0 Å². The quantitative estimate of drug-likeness (QED) is 0.456. The maximum atomic E-state index is 3.59. The van der Waals surface area contributed by atoms with Crippen molar-refractivity contribution in [3.8, 4) is 0 Å². The summed E-state index contributed by atoms with van der Waals surface area (Å²) < 4.78 is 0. The largest absolute Gasteiger partial charge is 0.266 e. The van der Waals surface area contributed by atoms with Gasteiger partial charge in [-0.3, -0.25) is 6.08 Å². The number of rotatable bonds is 1. The van der Waals surface area contributed by atoms with Crippen molar-refractivity contribution in [2.75, 3.05) is 0 Å². The van der Waals surface area contributed by atoms with Gasteiger partial charge in [0.15, 0.2) is 0 Å². The summed E-state index contributed by atoms with van der Waals surface area (Å²) in [6.45, 7) is 4.51. The molecule has 0 bridgehead atoms. The molecule has 2 aliphatic carbocycles. The molecule has 0 aromatic heterocycles. The van der Waals surface area contributed by atoms with Crippen molar-refractivity contribution in [1.82, 2.24) is 0 Å². The third-order valence-electron chi connectivity index (χ3n) is 3.18. The third-order valence-corrected chi connectivity index (χ3v) is 3.18. The molecule has 0 spiro atoms. The Labute approximate surface area is 96.4 Å². The molecule has 0 aromatic rings. The minimum Gasteiger partial charge on any atom is -0.266 e. The number of hydrogen-bond donors (Lipinski definition) is 0. The van der Waals surface area contributed by atoms with Gasteiger partial charge in [-0.2, -0.15) is 11.1 Å². The summed E-state index contributed by atoms with van der Waals surface area (Å²) in [5.41, 5.74) is 4.84. The van der Waals surface area contributed by atoms with E-state index in [0.29, 0.717) is 5.92 Å². The van der Waals surface area contributed by atoms with Crippen molar-refractivity contribution >= 4 is 0 Å². The Balaban J connectivity index is 0.000000845. The summed E-state index contributed by atoms with van der Waals surface area (Å²) in [6.07, 6.45) is 10.3. The van der Waals surface area contributed by atoms with Crippen molar-refractivity contribution in [1.29, 1.82) is 0 Å². The normalized spacial score (nSPS) is 26.6. The van der Waals surface area contributed by atoms with Gasteiger partial charge in [0.25, 0.3) is 0 Å². The summed E-state index contributed by atoms with van der Waals surface area (Å²) in [4.78, 5) is 0. The smallest absolute Gasteiger partial charge is 0 e. The van der Waals surface area contributed by atoms with Gasteiger partial charge in [-0.05, 0) is 6.42 Å². The van der Waals surface area contributed by atoms with Gasteiger partial charge in [-0.15, -0.1) is 0 Å². The van der Waals surface area contributed by atoms with E-state index < -0.39 is 0 Å². The second-order valence-corrected chi connectivity index (χ2v) is 3.94. The number of hydrogen-bond acceptors (Lipinski definition) is 0. The fraction of sp³-hybridized carbons (Fsp3) is 0.667. The van der Waals surface area contributed by atoms with Crippen LogP contribution < -0.4 is 0 Å². The van der Waals surface area contributed by atoms with E-state index in [1.165, 1.54) is 37.7 Å². The molecule has 0 saturated carbocycles. The Morgan fingerprint density at radius 3 is 2.69 bits per heavy atom. The van der Waals surface area contributed by atoms with Gasteiger partial charge in [-0.25, -0.2) is 5.57 Å². The van der Waals surface area contributed by atoms with E-state index in [-0.39, 0.29) is 21.7 Å². The summed E-state index contributed by atoms with van der Waals surface area (Å²) in [5, 5.41) is 0. The molecule has 0 aromatic carbocycles. The molecule has 1 unspecified atom stereocenters. The van der Waals surface area contributed by atoms with Gasteiger partial charge in [0, 0.05) is 21.7 Å². The van der Waals surface area contributed by atoms with Crippen LogP contribution in [0, 0.1) is 12.0 Å². The second-order valence-electron chi connectivity index (χ2n) is 3.94. The van der Waals surface area contributed by atoms with Crippen molar-refractivity contribution in [3.63, 3.8) is 0 Å². The molecule has 70 valence electrons. The predicted octanol–water partition coefficient (Wildman–Crippen LogP) is 3.64. The van der Waals surface area contributed by atoms with Crippen LogP contribution in [0.25, 0.3) is 0 Å². The summed E-state index contributed by atoms with van der Waals surface area (Å²) in [7, 11) is 0. The monoisotopic (exact) mass is 209 g/mol. The van der Waals surface area contributed by atoms with E-state index in [2.05, 4.69) is 19.9 Å². The van der Waals surface area contributed by atoms with E-state index in [4.69, 9.17) is 0 Å². The van der Waals surface area contributed by atoms with E-state index >= 15 is 0 Å². The van der Waals surface area contributed by atoms with Gasteiger partial charge in [0.2, 0.25) is 0 Å². The van der Waals surface area contributed by atoms with Crippen LogP contribution in [0.3, 0.4) is 0 Å². The Kier molecular flexibility index (Phi) is 4.00. The van der Waals surface area contributed by atoms with E-state index in [1.807, 2.05) is 0 Å². The topological polar surface area (TPSA) is 0 Å². The maximum Gasteiger partial charge on any atom is 0 e. The Bertz CT molecular complexity index is 248. The van der Waals surface area contributed by atoms with Crippen molar-refractivity contribution in [3.05, 3.63) is 22.8 Å². The van der Waals surface area contributed by atoms with Gasteiger partial charge in [-0.1, -0.05) is 45.4 Å². The Morgan fingerprint density at radius 2 is 2.00 bits per heavy atom. The van der Waals surface area contributed by atoms with Gasteiger partial charge in [0.05, 0.1) is 0 Å². The van der Waals surface area contributed by atoms with Crippen LogP contribution in [-0.2, 0) is 21.7 Å². The molecule has 0 N–H and O–H groups in total. The molecule has 0 saturated heterocycles. The van der Waals surface area contributed by atoms with Crippen molar-refractivity contribution in [2.45, 2.75) is 46.0 Å². The van der Waals surface area contributed by atoms with E-state index in [0.717, 1.165) is 0 Å². The first-order valence-corrected chi connectivity index (χ1v) is 5.15. The SMILES string of the molecule is CCC1[C-]=C(C)C2=C1CCCC2.[Ti]. The minimum atomic E-state index is 0. The maximum absolute atomic E-state index is 3.59. The molecule has 1 atom stereocenters. The predicted molar refractivity (Wildman–Crippen MR) is 51.7 cm³/mol. The summed E-state index contributed by atoms with van der Waals surface area (Å²) in [5.74, 6) is 0.681. The van der Waals surface area contributed by atoms with Gasteiger partial charge >= 0.3 is 0 Å². The molecule has 0 amide bonds. The third kappa shape index (κ3) is 2.00. The average Bonchev–Trinajstić information content (AvgIpc) is 2.44. The molecule has 13 heavy (non-hydrogen) atoms. The molecular weight excluding hydrogens is 192 g/mol. The zero-order valence-electron chi connectivity index (χ0n) is 8.61. The van der Waals surface area contributed by atoms with Crippen LogP contribution in [0.15, 0.2) is 16.7 Å². The molecule has 0 aliphatic heterocycles. The first-order valence-electron chi connectivity index (χ1n) is 5.15. The standard InChI is InChI=1S/C12H17.Ti/c1-3-10-8-9(2)11-6-4-5-7-12(10)11;/h10H,3-7H2,1-2H3;/q-1;. The van der Waals surface area contributed by atoms with Crippen LogP contribution in [0.5, 0.6) is 0 Å². The molecular formula is C12H17Ti-. The van der Waals surface area contributed by atoms with Crippen molar-refractivity contribution < 1.29 is 21.7 Å². The average molecular weight is 209 g/mol. The fourth-order valence-corrected chi connectivity index (χ4v) is 2.53. The second kappa shape index (κ2) is 4.62. The first kappa shape index (κ1) is 11.3. The van der Waals surface area contributed by atoms with Gasteiger partial charge < -0.3 is 0 Å². The molecule has 2 aliphatic rings. The first-order chi connectivity index (χ1) is 5.83. The number of allylic oxidation sites excluding steroid dienone is 4. The van der Waals surface area contributed by atoms with Gasteiger partial charge in [0.1, 0.15) is 0 Å². The minimum absolute atomic E-state index is 0. The fourth-order valence-electron chi connectivity index (χ4n) is 2.53. The molecule has 0 fully saturated rings. The van der Waals surface area contributed by atoms with Crippen LogP contribution in [0.1, 0.15) is 46.0 Å². The molecule has 2 rings (SSSR count). The van der Waals surface area contributed by atoms with Crippen LogP contribution in [-0.4, -0.2) is 0 Å². The zero-order chi connectivity index (χ0) is 8.55. The van der Waals surface area contributed by atoms with E-state index in [9.17, 15) is 0 Å².